The van der Waals surface area contributed by atoms with Crippen molar-refractivity contribution in [3.8, 4) is 0 Å². The van der Waals surface area contributed by atoms with E-state index in [0.717, 1.165) is 0 Å². The fourth-order valence-electron chi connectivity index (χ4n) is 2.75. The fourth-order valence-corrected chi connectivity index (χ4v) is 2.75. The van der Waals surface area contributed by atoms with E-state index < -0.39 is 0 Å². The lowest BCUT2D eigenvalue weighted by Gasteiger charge is -2.14. The van der Waals surface area contributed by atoms with Crippen LogP contribution in [0.3, 0.4) is 0 Å². The largest absolute Gasteiger partial charge is 0.324 e. The molecule has 1 aromatic heterocycles. The van der Waals surface area contributed by atoms with Gasteiger partial charge in [0.25, 0.3) is 0 Å². The van der Waals surface area contributed by atoms with Crippen LogP contribution in [0, 0.1) is 12.8 Å². The van der Waals surface area contributed by atoms with Gasteiger partial charge in [0, 0.05) is 18.4 Å². The summed E-state index contributed by atoms with van der Waals surface area (Å²) < 4.78 is 0. The highest BCUT2D eigenvalue weighted by Crippen LogP contribution is 2.53. The number of nitrogens with zero attached hydrogens (tertiary/aromatic N) is 1. The maximum atomic E-state index is 6.39. The first-order valence-corrected chi connectivity index (χ1v) is 6.48. The van der Waals surface area contributed by atoms with E-state index in [9.17, 15) is 0 Å². The van der Waals surface area contributed by atoms with Crippen molar-refractivity contribution in [2.75, 3.05) is 0 Å². The minimum absolute atomic E-state index is 0.115. The maximum Gasteiger partial charge on any atom is 0.0347 e. The smallest absolute Gasteiger partial charge is 0.0347 e. The summed E-state index contributed by atoms with van der Waals surface area (Å²) in [5, 5.41) is 0. The van der Waals surface area contributed by atoms with Gasteiger partial charge in [-0.3, -0.25) is 4.98 Å². The summed E-state index contributed by atoms with van der Waals surface area (Å²) in [6, 6.07) is 12.8. The Morgan fingerprint density at radius 3 is 2.72 bits per heavy atom. The monoisotopic (exact) mass is 238 g/mol. The minimum Gasteiger partial charge on any atom is -0.324 e. The van der Waals surface area contributed by atoms with Gasteiger partial charge < -0.3 is 5.73 Å². The molecule has 1 aliphatic rings. The highest BCUT2D eigenvalue weighted by atomic mass is 14.7. The molecule has 2 N–H and O–H groups in total. The van der Waals surface area contributed by atoms with Crippen LogP contribution in [-0.2, 0) is 0 Å². The van der Waals surface area contributed by atoms with Crippen molar-refractivity contribution in [1.82, 2.24) is 4.98 Å². The third-order valence-electron chi connectivity index (χ3n) is 3.97. The zero-order valence-electron chi connectivity index (χ0n) is 10.6. The predicted octanol–water partition coefficient (Wildman–Crippen LogP) is 3.19. The van der Waals surface area contributed by atoms with Gasteiger partial charge in [-0.05, 0) is 47.9 Å². The summed E-state index contributed by atoms with van der Waals surface area (Å²) in [6.45, 7) is 2.11. The van der Waals surface area contributed by atoms with Crippen LogP contribution in [0.25, 0.3) is 0 Å². The van der Waals surface area contributed by atoms with Crippen LogP contribution >= 0.6 is 0 Å². The molecule has 0 amide bonds. The van der Waals surface area contributed by atoms with E-state index in [-0.39, 0.29) is 6.04 Å². The summed E-state index contributed by atoms with van der Waals surface area (Å²) in [7, 11) is 0. The molecular weight excluding hydrogens is 220 g/mol. The van der Waals surface area contributed by atoms with Crippen LogP contribution in [-0.4, -0.2) is 4.98 Å². The first kappa shape index (κ1) is 11.4. The average molecular weight is 238 g/mol. The van der Waals surface area contributed by atoms with Crippen LogP contribution in [0.5, 0.6) is 0 Å². The van der Waals surface area contributed by atoms with Crippen LogP contribution in [0.1, 0.15) is 35.1 Å². The van der Waals surface area contributed by atoms with Crippen molar-refractivity contribution in [3.05, 3.63) is 65.5 Å². The van der Waals surface area contributed by atoms with E-state index in [2.05, 4.69) is 42.2 Å². The molecule has 3 rings (SSSR count). The van der Waals surface area contributed by atoms with Gasteiger partial charge in [0.2, 0.25) is 0 Å². The molecule has 1 aromatic carbocycles. The van der Waals surface area contributed by atoms with Crippen molar-refractivity contribution < 1.29 is 0 Å². The number of nitrogens with two attached hydrogens (primary N) is 1. The van der Waals surface area contributed by atoms with Crippen LogP contribution in [0.4, 0.5) is 0 Å². The lowest BCUT2D eigenvalue weighted by atomic mass is 9.98. The Bertz CT molecular complexity index is 536. The molecule has 2 aromatic rings. The van der Waals surface area contributed by atoms with Crippen LogP contribution in [0.2, 0.25) is 0 Å². The van der Waals surface area contributed by atoms with E-state index in [1.165, 1.54) is 23.1 Å². The third kappa shape index (κ3) is 2.04. The molecule has 1 aliphatic carbocycles. The summed E-state index contributed by atoms with van der Waals surface area (Å²) in [4.78, 5) is 4.19. The number of hydrogen-bond donors (Lipinski definition) is 1. The van der Waals surface area contributed by atoms with E-state index in [1.807, 2.05) is 18.5 Å². The molecule has 0 radical (unpaired) electrons. The number of aryl methyl sites for hydroxylation is 1. The summed E-state index contributed by atoms with van der Waals surface area (Å²) in [6.07, 6.45) is 4.94. The molecule has 1 heterocycles. The molecule has 18 heavy (non-hydrogen) atoms. The molecule has 2 heteroatoms. The molecule has 0 aliphatic heterocycles. The Kier molecular flexibility index (Phi) is 2.88. The van der Waals surface area contributed by atoms with Crippen LogP contribution < -0.4 is 5.73 Å². The van der Waals surface area contributed by atoms with Crippen molar-refractivity contribution in [2.45, 2.75) is 25.3 Å². The number of pyridine rings is 1. The van der Waals surface area contributed by atoms with Gasteiger partial charge in [-0.15, -0.1) is 0 Å². The first-order chi connectivity index (χ1) is 8.77. The SMILES string of the molecule is Cc1ccncc1C(N)C1CC1c1ccccc1. The zero-order chi connectivity index (χ0) is 12.5. The third-order valence-corrected chi connectivity index (χ3v) is 3.97. The highest BCUT2D eigenvalue weighted by molar-refractivity contribution is 5.32. The number of benzene rings is 1. The molecule has 92 valence electrons. The van der Waals surface area contributed by atoms with Crippen molar-refractivity contribution >= 4 is 0 Å². The van der Waals surface area contributed by atoms with E-state index in [1.54, 1.807) is 0 Å². The molecule has 1 fully saturated rings. The van der Waals surface area contributed by atoms with E-state index in [0.29, 0.717) is 11.8 Å². The number of rotatable bonds is 3. The molecule has 3 atom stereocenters. The quantitative estimate of drug-likeness (QED) is 0.891. The van der Waals surface area contributed by atoms with Gasteiger partial charge in [-0.1, -0.05) is 30.3 Å². The second kappa shape index (κ2) is 4.54. The van der Waals surface area contributed by atoms with Gasteiger partial charge in [0.1, 0.15) is 0 Å². The molecule has 2 nitrogen and oxygen atoms in total. The molecule has 1 saturated carbocycles. The van der Waals surface area contributed by atoms with Crippen molar-refractivity contribution in [2.24, 2.45) is 11.7 Å². The summed E-state index contributed by atoms with van der Waals surface area (Å²) in [5.74, 6) is 1.19. The molecule has 0 saturated heterocycles. The molecule has 0 bridgehead atoms. The minimum atomic E-state index is 0.115. The average Bonchev–Trinajstić information content (AvgIpc) is 3.20. The lowest BCUT2D eigenvalue weighted by molar-refractivity contribution is 0.610. The van der Waals surface area contributed by atoms with Crippen molar-refractivity contribution in [3.63, 3.8) is 0 Å². The molecular formula is C16H18N2. The molecule has 0 spiro atoms. The van der Waals surface area contributed by atoms with Gasteiger partial charge in [0.15, 0.2) is 0 Å². The summed E-state index contributed by atoms with van der Waals surface area (Å²) >= 11 is 0. The van der Waals surface area contributed by atoms with E-state index >= 15 is 0 Å². The second-order valence-corrected chi connectivity index (χ2v) is 5.17. The van der Waals surface area contributed by atoms with Gasteiger partial charge >= 0.3 is 0 Å². The Labute approximate surface area is 108 Å². The predicted molar refractivity (Wildman–Crippen MR) is 73.2 cm³/mol. The normalized spacial score (nSPS) is 23.7. The highest BCUT2D eigenvalue weighted by Gasteiger charge is 2.43. The number of hydrogen-bond acceptors (Lipinski definition) is 2. The van der Waals surface area contributed by atoms with Gasteiger partial charge in [-0.25, -0.2) is 0 Å². The second-order valence-electron chi connectivity index (χ2n) is 5.17. The Morgan fingerprint density at radius 1 is 1.22 bits per heavy atom. The van der Waals surface area contributed by atoms with Crippen molar-refractivity contribution in [1.29, 1.82) is 0 Å². The van der Waals surface area contributed by atoms with Gasteiger partial charge in [0.05, 0.1) is 0 Å². The van der Waals surface area contributed by atoms with Crippen LogP contribution in [0.15, 0.2) is 48.8 Å². The standard InChI is InChI=1S/C16H18N2/c1-11-7-8-18-10-15(11)16(17)14-9-13(14)12-5-3-2-4-6-12/h2-8,10,13-14,16H,9,17H2,1H3. The molecule has 3 unspecified atom stereocenters. The summed E-state index contributed by atoms with van der Waals surface area (Å²) in [5.41, 5.74) is 10.2. The maximum absolute atomic E-state index is 6.39. The number of aromatic nitrogens is 1. The van der Waals surface area contributed by atoms with E-state index in [4.69, 9.17) is 5.73 Å². The zero-order valence-corrected chi connectivity index (χ0v) is 10.6. The fraction of sp³-hybridized carbons (Fsp3) is 0.312. The Balaban J connectivity index is 1.77. The topological polar surface area (TPSA) is 38.9 Å². The Hall–Kier alpha value is -1.67. The lowest BCUT2D eigenvalue weighted by Crippen LogP contribution is -2.15. The van der Waals surface area contributed by atoms with Gasteiger partial charge in [-0.2, -0.15) is 0 Å². The Morgan fingerprint density at radius 2 is 2.00 bits per heavy atom. The first-order valence-electron chi connectivity index (χ1n) is 6.48.